The minimum Gasteiger partial charge on any atom is -0.274 e. The summed E-state index contributed by atoms with van der Waals surface area (Å²) in [6.45, 7) is 6.89. The van der Waals surface area contributed by atoms with Crippen LogP contribution in [0.2, 0.25) is 0 Å². The summed E-state index contributed by atoms with van der Waals surface area (Å²) in [7, 11) is 0. The highest BCUT2D eigenvalue weighted by Gasteiger charge is 2.15. The smallest absolute Gasteiger partial charge is 0.274 e. The second kappa shape index (κ2) is 10.1. The van der Waals surface area contributed by atoms with Gasteiger partial charge in [-0.15, -0.1) is 16.1 Å². The monoisotopic (exact) mass is 441 g/mol. The summed E-state index contributed by atoms with van der Waals surface area (Å²) in [5, 5.41) is 19.0. The van der Waals surface area contributed by atoms with Crippen molar-refractivity contribution < 1.29 is 0 Å². The molecule has 0 aliphatic rings. The first kappa shape index (κ1) is 22.2. The van der Waals surface area contributed by atoms with E-state index in [1.807, 2.05) is 36.4 Å². The number of aryl methyl sites for hydroxylation is 1. The quantitative estimate of drug-likeness (QED) is 0.422. The number of hydrogen-bond acceptors (Lipinski definition) is 5. The third-order valence-electron chi connectivity index (χ3n) is 5.47. The van der Waals surface area contributed by atoms with Gasteiger partial charge in [-0.2, -0.15) is 10.3 Å². The van der Waals surface area contributed by atoms with Crippen LogP contribution in [0.4, 0.5) is 0 Å². The van der Waals surface area contributed by atoms with Crippen LogP contribution in [0.25, 0.3) is 22.5 Å². The molecule has 0 aliphatic carbocycles. The molecule has 2 aromatic heterocycles. The van der Waals surface area contributed by atoms with Gasteiger partial charge in [-0.25, -0.2) is 9.48 Å². The zero-order valence-electron chi connectivity index (χ0n) is 19.1. The van der Waals surface area contributed by atoms with Gasteiger partial charge in [-0.05, 0) is 41.2 Å². The first-order chi connectivity index (χ1) is 16.1. The van der Waals surface area contributed by atoms with Crippen molar-refractivity contribution in [1.29, 1.82) is 0 Å². The molecule has 4 rings (SSSR count). The van der Waals surface area contributed by atoms with Crippen LogP contribution in [0.15, 0.2) is 53.3 Å². The summed E-state index contributed by atoms with van der Waals surface area (Å²) in [6, 6.07) is 16.2. The highest BCUT2D eigenvalue weighted by atomic mass is 16.2. The molecule has 0 saturated carbocycles. The van der Waals surface area contributed by atoms with E-state index in [0.717, 1.165) is 40.9 Å². The maximum Gasteiger partial charge on any atom is 0.347 e. The fourth-order valence-corrected chi connectivity index (χ4v) is 3.68. The van der Waals surface area contributed by atoms with Crippen LogP contribution in [-0.2, 0) is 19.5 Å². The first-order valence-electron chi connectivity index (χ1n) is 11.0. The lowest BCUT2D eigenvalue weighted by Gasteiger charge is -2.10. The van der Waals surface area contributed by atoms with Crippen LogP contribution in [0.5, 0.6) is 0 Å². The zero-order valence-corrected chi connectivity index (χ0v) is 19.1. The molecule has 0 radical (unpaired) electrons. The van der Waals surface area contributed by atoms with E-state index in [1.54, 1.807) is 11.5 Å². The molecule has 0 atom stereocenters. The van der Waals surface area contributed by atoms with Gasteiger partial charge in [0.05, 0.1) is 6.54 Å². The predicted octanol–water partition coefficient (Wildman–Crippen LogP) is 3.55. The van der Waals surface area contributed by atoms with E-state index in [2.05, 4.69) is 63.5 Å². The molecule has 0 fully saturated rings. The standard InChI is InChI=1S/C25H27N7O/c1-4-5-16-32-25(33)31(23(28-32)15-10-18(2)3)17-19-11-13-20(14-12-19)21-8-6-7-9-22(21)24-26-29-30-27-24/h6-9,11-14,18H,10,15-17H2,1-3H3,(H,26,27,29,30). The van der Waals surface area contributed by atoms with Crippen molar-refractivity contribution in [3.8, 4) is 34.4 Å². The predicted molar refractivity (Wildman–Crippen MR) is 127 cm³/mol. The van der Waals surface area contributed by atoms with Crippen molar-refractivity contribution in [2.45, 2.75) is 46.7 Å². The van der Waals surface area contributed by atoms with Gasteiger partial charge in [-0.3, -0.25) is 4.57 Å². The van der Waals surface area contributed by atoms with Crippen LogP contribution in [0, 0.1) is 17.8 Å². The summed E-state index contributed by atoms with van der Waals surface area (Å²) < 4.78 is 3.23. The van der Waals surface area contributed by atoms with E-state index in [0.29, 0.717) is 24.8 Å². The Morgan fingerprint density at radius 1 is 1.06 bits per heavy atom. The number of aromatic amines is 1. The van der Waals surface area contributed by atoms with Crippen LogP contribution in [0.1, 0.15) is 38.6 Å². The van der Waals surface area contributed by atoms with Gasteiger partial charge in [0.2, 0.25) is 5.82 Å². The van der Waals surface area contributed by atoms with Crippen LogP contribution >= 0.6 is 0 Å². The highest BCUT2D eigenvalue weighted by molar-refractivity contribution is 5.80. The van der Waals surface area contributed by atoms with Gasteiger partial charge < -0.3 is 0 Å². The van der Waals surface area contributed by atoms with E-state index in [-0.39, 0.29) is 5.69 Å². The second-order valence-corrected chi connectivity index (χ2v) is 8.28. The molecular weight excluding hydrogens is 414 g/mol. The van der Waals surface area contributed by atoms with Crippen molar-refractivity contribution in [2.24, 2.45) is 5.92 Å². The average molecular weight is 442 g/mol. The lowest BCUT2D eigenvalue weighted by Crippen LogP contribution is -2.25. The van der Waals surface area contributed by atoms with Gasteiger partial charge in [0.15, 0.2) is 0 Å². The summed E-state index contributed by atoms with van der Waals surface area (Å²) >= 11 is 0. The number of rotatable bonds is 8. The fraction of sp³-hybridized carbons (Fsp3) is 0.320. The Bertz CT molecular complexity index is 1320. The van der Waals surface area contributed by atoms with Crippen molar-refractivity contribution in [2.75, 3.05) is 0 Å². The molecule has 0 unspecified atom stereocenters. The summed E-state index contributed by atoms with van der Waals surface area (Å²) in [5.74, 6) is 7.67. The summed E-state index contributed by atoms with van der Waals surface area (Å²) in [5.41, 5.74) is 3.88. The fourth-order valence-electron chi connectivity index (χ4n) is 3.68. The van der Waals surface area contributed by atoms with Crippen molar-refractivity contribution >= 4 is 0 Å². The molecule has 168 valence electrons. The van der Waals surface area contributed by atoms with Crippen molar-refractivity contribution in [3.05, 3.63) is 70.4 Å². The van der Waals surface area contributed by atoms with E-state index < -0.39 is 0 Å². The Hall–Kier alpha value is -3.99. The van der Waals surface area contributed by atoms with E-state index in [1.165, 1.54) is 4.68 Å². The molecular formula is C25H27N7O. The molecule has 0 saturated heterocycles. The van der Waals surface area contributed by atoms with Crippen LogP contribution in [0.3, 0.4) is 0 Å². The van der Waals surface area contributed by atoms with Crippen molar-refractivity contribution in [3.63, 3.8) is 0 Å². The number of tetrazole rings is 1. The molecule has 1 N–H and O–H groups in total. The van der Waals surface area contributed by atoms with Gasteiger partial charge in [-0.1, -0.05) is 68.3 Å². The number of H-pyrrole nitrogens is 1. The number of hydrogen-bond donors (Lipinski definition) is 1. The molecule has 0 aliphatic heterocycles. The molecule has 33 heavy (non-hydrogen) atoms. The average Bonchev–Trinajstić information content (AvgIpc) is 3.46. The molecule has 2 heterocycles. The molecule has 8 heteroatoms. The minimum atomic E-state index is -0.122. The van der Waals surface area contributed by atoms with E-state index >= 15 is 0 Å². The highest BCUT2D eigenvalue weighted by Crippen LogP contribution is 2.29. The van der Waals surface area contributed by atoms with Crippen LogP contribution in [-0.4, -0.2) is 35.0 Å². The van der Waals surface area contributed by atoms with Gasteiger partial charge in [0, 0.05) is 12.0 Å². The second-order valence-electron chi connectivity index (χ2n) is 8.28. The van der Waals surface area contributed by atoms with Gasteiger partial charge in [0.1, 0.15) is 12.4 Å². The summed E-state index contributed by atoms with van der Waals surface area (Å²) in [4.78, 5) is 13.0. The maximum atomic E-state index is 13.0. The first-order valence-corrected chi connectivity index (χ1v) is 11.0. The SMILES string of the molecule is CC#CCn1nc(CCC(C)C)n(Cc2ccc(-c3ccccc3-c3nn[nH]n3)cc2)c1=O. The van der Waals surface area contributed by atoms with E-state index in [4.69, 9.17) is 0 Å². The maximum absolute atomic E-state index is 13.0. The Balaban J connectivity index is 1.62. The number of nitrogens with zero attached hydrogens (tertiary/aromatic N) is 6. The summed E-state index contributed by atoms with van der Waals surface area (Å²) in [6.07, 6.45) is 1.73. The third kappa shape index (κ3) is 5.09. The Kier molecular flexibility index (Phi) is 6.79. The van der Waals surface area contributed by atoms with Crippen LogP contribution < -0.4 is 5.69 Å². The van der Waals surface area contributed by atoms with Gasteiger partial charge >= 0.3 is 5.69 Å². The number of aromatic nitrogens is 7. The molecule has 8 nitrogen and oxygen atoms in total. The molecule has 4 aromatic rings. The zero-order chi connectivity index (χ0) is 23.2. The third-order valence-corrected chi connectivity index (χ3v) is 5.47. The Morgan fingerprint density at radius 2 is 1.82 bits per heavy atom. The molecule has 2 aromatic carbocycles. The lowest BCUT2D eigenvalue weighted by molar-refractivity contribution is 0.557. The number of nitrogens with one attached hydrogen (secondary N) is 1. The normalized spacial score (nSPS) is 10.9. The molecule has 0 spiro atoms. The lowest BCUT2D eigenvalue weighted by atomic mass is 9.98. The van der Waals surface area contributed by atoms with E-state index in [9.17, 15) is 4.79 Å². The molecule has 0 amide bonds. The topological polar surface area (TPSA) is 94.3 Å². The van der Waals surface area contributed by atoms with Gasteiger partial charge in [0.25, 0.3) is 0 Å². The minimum absolute atomic E-state index is 0.122. The molecule has 0 bridgehead atoms. The van der Waals surface area contributed by atoms with Crippen molar-refractivity contribution in [1.82, 2.24) is 35.0 Å². The Morgan fingerprint density at radius 3 is 2.48 bits per heavy atom. The number of benzene rings is 2. The largest absolute Gasteiger partial charge is 0.347 e. The Labute approximate surface area is 192 Å².